The molecule has 4 aromatic rings. The highest BCUT2D eigenvalue weighted by molar-refractivity contribution is 7.93. The number of nitrogens with zero attached hydrogens (tertiary/aromatic N) is 1. The molecule has 0 saturated carbocycles. The van der Waals surface area contributed by atoms with Crippen molar-refractivity contribution >= 4 is 26.8 Å². The predicted octanol–water partition coefficient (Wildman–Crippen LogP) is 3.84. The molecule has 0 radical (unpaired) electrons. The first-order chi connectivity index (χ1) is 15.0. The number of fused-ring (bicyclic) bond motifs is 3. The second-order valence-electron chi connectivity index (χ2n) is 6.84. The molecule has 0 aliphatic carbocycles. The van der Waals surface area contributed by atoms with Crippen molar-refractivity contribution in [2.75, 3.05) is 25.5 Å². The largest absolute Gasteiger partial charge is 0.495 e. The van der Waals surface area contributed by atoms with Crippen LogP contribution in [0.15, 0.2) is 56.7 Å². The number of aromatic nitrogens is 1. The fourth-order valence-corrected chi connectivity index (χ4v) is 5.11. The molecule has 0 unspecified atom stereocenters. The monoisotopic (exact) mass is 442 g/mol. The first-order valence-electron chi connectivity index (χ1n) is 9.38. The van der Waals surface area contributed by atoms with E-state index in [-0.39, 0.29) is 22.2 Å². The summed E-state index contributed by atoms with van der Waals surface area (Å²) in [6.07, 6.45) is 3.89. The normalized spacial score (nSPS) is 13.1. The molecule has 0 bridgehead atoms. The lowest BCUT2D eigenvalue weighted by Crippen LogP contribution is -2.15. The van der Waals surface area contributed by atoms with Crippen LogP contribution in [-0.4, -0.2) is 34.4 Å². The molecule has 9 nitrogen and oxygen atoms in total. The molecule has 0 atom stereocenters. The van der Waals surface area contributed by atoms with E-state index in [1.54, 1.807) is 18.6 Å². The molecule has 2 aromatic heterocycles. The maximum Gasteiger partial charge on any atom is 0.270 e. The van der Waals surface area contributed by atoms with Crippen molar-refractivity contribution in [2.24, 2.45) is 0 Å². The van der Waals surface area contributed by atoms with Crippen LogP contribution < -0.4 is 18.9 Å². The van der Waals surface area contributed by atoms with Gasteiger partial charge in [0, 0.05) is 17.5 Å². The van der Waals surface area contributed by atoms with Gasteiger partial charge < -0.3 is 23.2 Å². The molecule has 0 fully saturated rings. The van der Waals surface area contributed by atoms with Crippen molar-refractivity contribution in [1.82, 2.24) is 5.16 Å². The highest BCUT2D eigenvalue weighted by Crippen LogP contribution is 2.45. The van der Waals surface area contributed by atoms with Gasteiger partial charge in [-0.05, 0) is 29.8 Å². The average molecular weight is 442 g/mol. The molecule has 10 heteroatoms. The molecule has 0 spiro atoms. The zero-order valence-electron chi connectivity index (χ0n) is 16.7. The van der Waals surface area contributed by atoms with Crippen LogP contribution in [0.1, 0.15) is 5.56 Å². The third-order valence-electron chi connectivity index (χ3n) is 5.13. The molecule has 160 valence electrons. The minimum atomic E-state index is -4.12. The van der Waals surface area contributed by atoms with Crippen molar-refractivity contribution in [3.05, 3.63) is 48.4 Å². The van der Waals surface area contributed by atoms with E-state index in [4.69, 9.17) is 23.2 Å². The number of furan rings is 1. The number of rotatable bonds is 6. The highest BCUT2D eigenvalue weighted by Gasteiger charge is 2.30. The Hall–Kier alpha value is -3.66. The molecule has 0 amide bonds. The first kappa shape index (κ1) is 19.3. The Balaban J connectivity index is 1.64. The molecule has 1 aliphatic heterocycles. The van der Waals surface area contributed by atoms with E-state index in [9.17, 15) is 8.42 Å². The number of hydrogen-bond acceptors (Lipinski definition) is 8. The lowest BCUT2D eigenvalue weighted by molar-refractivity contribution is 0.360. The Morgan fingerprint density at radius 2 is 1.90 bits per heavy atom. The van der Waals surface area contributed by atoms with Gasteiger partial charge in [0.25, 0.3) is 10.0 Å². The zero-order valence-corrected chi connectivity index (χ0v) is 17.5. The van der Waals surface area contributed by atoms with Crippen molar-refractivity contribution in [3.8, 4) is 28.4 Å². The molecule has 1 N–H and O–H groups in total. The summed E-state index contributed by atoms with van der Waals surface area (Å²) in [7, 11) is -1.35. The van der Waals surface area contributed by atoms with E-state index in [1.165, 1.54) is 26.4 Å². The summed E-state index contributed by atoms with van der Waals surface area (Å²) in [5.74, 6) is 0.853. The van der Waals surface area contributed by atoms with E-state index >= 15 is 0 Å². The van der Waals surface area contributed by atoms with Gasteiger partial charge in [0.1, 0.15) is 22.6 Å². The van der Waals surface area contributed by atoms with Crippen molar-refractivity contribution in [3.63, 3.8) is 0 Å². The van der Waals surface area contributed by atoms with E-state index < -0.39 is 10.0 Å². The average Bonchev–Trinajstić information content (AvgIpc) is 3.52. The first-order valence-corrected chi connectivity index (χ1v) is 10.9. The molecule has 1 aliphatic rings. The smallest absolute Gasteiger partial charge is 0.270 e. The molecule has 5 rings (SSSR count). The van der Waals surface area contributed by atoms with E-state index in [0.29, 0.717) is 29.7 Å². The summed E-state index contributed by atoms with van der Waals surface area (Å²) >= 11 is 0. The Labute approximate surface area is 177 Å². The zero-order chi connectivity index (χ0) is 21.6. The predicted molar refractivity (Wildman–Crippen MR) is 111 cm³/mol. The number of methoxy groups -OCH3 is 2. The Morgan fingerprint density at radius 1 is 1.13 bits per heavy atom. The summed E-state index contributed by atoms with van der Waals surface area (Å²) in [5, 5.41) is 4.42. The number of ether oxygens (including phenoxy) is 3. The van der Waals surface area contributed by atoms with Gasteiger partial charge in [-0.2, -0.15) is 0 Å². The molecular formula is C21H18N2O7S. The number of hydrogen-bond donors (Lipinski definition) is 1. The topological polar surface area (TPSA) is 113 Å². The Morgan fingerprint density at radius 3 is 2.58 bits per heavy atom. The van der Waals surface area contributed by atoms with E-state index in [0.717, 1.165) is 16.7 Å². The second-order valence-corrected chi connectivity index (χ2v) is 8.46. The molecule has 2 aromatic carbocycles. The molecule has 0 saturated heterocycles. The minimum absolute atomic E-state index is 0.0276. The minimum Gasteiger partial charge on any atom is -0.495 e. The fourth-order valence-electron chi connectivity index (χ4n) is 3.78. The summed E-state index contributed by atoms with van der Waals surface area (Å²) in [5.41, 5.74) is 3.10. The van der Waals surface area contributed by atoms with E-state index in [1.807, 2.05) is 12.1 Å². The van der Waals surface area contributed by atoms with Crippen molar-refractivity contribution in [2.45, 2.75) is 11.3 Å². The molecule has 3 heterocycles. The van der Waals surface area contributed by atoms with Crippen molar-refractivity contribution < 1.29 is 31.6 Å². The van der Waals surface area contributed by atoms with Crippen LogP contribution >= 0.6 is 0 Å². The quantitative estimate of drug-likeness (QED) is 0.479. The number of sulfonamides is 1. The van der Waals surface area contributed by atoms with Crippen LogP contribution in [0.25, 0.3) is 22.1 Å². The van der Waals surface area contributed by atoms with Crippen LogP contribution in [0.5, 0.6) is 17.2 Å². The summed E-state index contributed by atoms with van der Waals surface area (Å²) in [4.78, 5) is -0.135. The van der Waals surface area contributed by atoms with Crippen LogP contribution in [-0.2, 0) is 16.4 Å². The summed E-state index contributed by atoms with van der Waals surface area (Å²) in [6.45, 7) is 0.469. The Bertz CT molecular complexity index is 1350. The van der Waals surface area contributed by atoms with Gasteiger partial charge in [0.05, 0.1) is 33.4 Å². The Kier molecular flexibility index (Phi) is 4.51. The number of anilines is 1. The van der Waals surface area contributed by atoms with Gasteiger partial charge in [-0.1, -0.05) is 11.2 Å². The van der Waals surface area contributed by atoms with Gasteiger partial charge in [0.15, 0.2) is 16.3 Å². The number of nitrogens with one attached hydrogen (secondary N) is 1. The van der Waals surface area contributed by atoms with Gasteiger partial charge >= 0.3 is 0 Å². The third-order valence-corrected chi connectivity index (χ3v) is 6.54. The lowest BCUT2D eigenvalue weighted by atomic mass is 9.98. The van der Waals surface area contributed by atoms with Gasteiger partial charge in [-0.15, -0.1) is 0 Å². The van der Waals surface area contributed by atoms with Crippen LogP contribution in [0, 0.1) is 0 Å². The standard InChI is InChI=1S/C21H18N2O7S/c1-26-15-4-3-5-16(27-2)20(15)31(24,25)23-21-18-17(30-22-21)10-14(12-6-8-28-11-12)13-7-9-29-19(13)18/h3-6,8,10-11H,7,9H2,1-2H3,(H,22,23). The van der Waals surface area contributed by atoms with E-state index in [2.05, 4.69) is 9.88 Å². The van der Waals surface area contributed by atoms with Gasteiger partial charge in [-0.3, -0.25) is 4.72 Å². The highest BCUT2D eigenvalue weighted by atomic mass is 32.2. The maximum atomic E-state index is 13.3. The van der Waals surface area contributed by atoms with Crippen molar-refractivity contribution in [1.29, 1.82) is 0 Å². The summed E-state index contributed by atoms with van der Waals surface area (Å²) in [6, 6.07) is 8.36. The SMILES string of the molecule is COc1cccc(OC)c1S(=O)(=O)Nc1noc2cc(-c3ccoc3)c3c(c12)OCC3. The maximum absolute atomic E-state index is 13.3. The van der Waals surface area contributed by atoms with Crippen LogP contribution in [0.4, 0.5) is 5.82 Å². The van der Waals surface area contributed by atoms with Gasteiger partial charge in [-0.25, -0.2) is 8.42 Å². The summed E-state index contributed by atoms with van der Waals surface area (Å²) < 4.78 is 56.0. The van der Waals surface area contributed by atoms with Gasteiger partial charge in [0.2, 0.25) is 0 Å². The van der Waals surface area contributed by atoms with Crippen LogP contribution in [0.2, 0.25) is 0 Å². The molecular weight excluding hydrogens is 424 g/mol. The second kappa shape index (κ2) is 7.24. The number of benzene rings is 2. The third kappa shape index (κ3) is 3.07. The lowest BCUT2D eigenvalue weighted by Gasteiger charge is -2.14. The molecule has 31 heavy (non-hydrogen) atoms. The fraction of sp³-hybridized carbons (Fsp3) is 0.190. The van der Waals surface area contributed by atoms with Crippen LogP contribution in [0.3, 0.4) is 0 Å².